The number of hydrogen-bond acceptors (Lipinski definition) is 4. The molecule has 20 heavy (non-hydrogen) atoms. The zero-order valence-corrected chi connectivity index (χ0v) is 12.0. The third kappa shape index (κ3) is 3.39. The molecule has 0 saturated carbocycles. The fourth-order valence-electron chi connectivity index (χ4n) is 1.83. The number of nitrogens with zero attached hydrogens (tertiary/aromatic N) is 1. The molecule has 2 rings (SSSR count). The van der Waals surface area contributed by atoms with Crippen LogP contribution in [0.3, 0.4) is 0 Å². The molecule has 0 amide bonds. The van der Waals surface area contributed by atoms with Crippen molar-refractivity contribution in [3.63, 3.8) is 0 Å². The van der Waals surface area contributed by atoms with Gasteiger partial charge in [0.2, 0.25) is 0 Å². The molecule has 2 aromatic rings. The van der Waals surface area contributed by atoms with E-state index in [1.54, 1.807) is 18.2 Å². The van der Waals surface area contributed by atoms with Crippen LogP contribution in [-0.4, -0.2) is 9.97 Å². The van der Waals surface area contributed by atoms with E-state index in [9.17, 15) is 9.18 Å². The maximum atomic E-state index is 13.5. The Morgan fingerprint density at radius 1 is 1.40 bits per heavy atom. The number of hydrogen-bond donors (Lipinski definition) is 2. The standard InChI is InChI=1S/C14H16FN3OS/c1-2-5-9-13(16)17-12(18-14(9)19)8-20-11-7-4-3-6-10(11)15/h3-4,6-7H,2,5,8H2,1H3,(H3,16,17,18,19). The molecule has 1 aromatic carbocycles. The van der Waals surface area contributed by atoms with Crippen molar-refractivity contribution in [1.29, 1.82) is 0 Å². The lowest BCUT2D eigenvalue weighted by molar-refractivity contribution is 0.602. The second-order valence-electron chi connectivity index (χ2n) is 4.35. The molecule has 6 heteroatoms. The molecule has 1 heterocycles. The summed E-state index contributed by atoms with van der Waals surface area (Å²) in [4.78, 5) is 19.3. The Labute approximate surface area is 120 Å². The van der Waals surface area contributed by atoms with E-state index >= 15 is 0 Å². The minimum absolute atomic E-state index is 0.205. The largest absolute Gasteiger partial charge is 0.383 e. The number of halogens is 1. The number of rotatable bonds is 5. The molecule has 0 bridgehead atoms. The van der Waals surface area contributed by atoms with Crippen LogP contribution >= 0.6 is 11.8 Å². The van der Waals surface area contributed by atoms with E-state index in [1.807, 2.05) is 6.92 Å². The summed E-state index contributed by atoms with van der Waals surface area (Å²) < 4.78 is 13.5. The van der Waals surface area contributed by atoms with Crippen LogP contribution in [0.15, 0.2) is 34.0 Å². The van der Waals surface area contributed by atoms with Crippen molar-refractivity contribution in [1.82, 2.24) is 9.97 Å². The number of anilines is 1. The highest BCUT2D eigenvalue weighted by Crippen LogP contribution is 2.24. The van der Waals surface area contributed by atoms with Gasteiger partial charge in [-0.3, -0.25) is 4.79 Å². The van der Waals surface area contributed by atoms with E-state index in [1.165, 1.54) is 17.8 Å². The Morgan fingerprint density at radius 2 is 2.15 bits per heavy atom. The highest BCUT2D eigenvalue weighted by Gasteiger charge is 2.09. The number of nitrogen functional groups attached to an aromatic ring is 1. The maximum Gasteiger partial charge on any atom is 0.256 e. The van der Waals surface area contributed by atoms with Crippen LogP contribution in [-0.2, 0) is 12.2 Å². The number of aromatic nitrogens is 2. The zero-order valence-electron chi connectivity index (χ0n) is 11.1. The van der Waals surface area contributed by atoms with Crippen LogP contribution in [0.2, 0.25) is 0 Å². The summed E-state index contributed by atoms with van der Waals surface area (Å²) in [6.45, 7) is 1.97. The van der Waals surface area contributed by atoms with E-state index in [0.29, 0.717) is 28.5 Å². The quantitative estimate of drug-likeness (QED) is 0.831. The van der Waals surface area contributed by atoms with Gasteiger partial charge in [-0.2, -0.15) is 0 Å². The Bertz CT molecular complexity index is 657. The molecule has 0 atom stereocenters. The van der Waals surface area contributed by atoms with Crippen molar-refractivity contribution in [3.05, 3.63) is 51.8 Å². The fraction of sp³-hybridized carbons (Fsp3) is 0.286. The molecule has 0 unspecified atom stereocenters. The summed E-state index contributed by atoms with van der Waals surface area (Å²) in [6.07, 6.45) is 1.44. The van der Waals surface area contributed by atoms with Gasteiger partial charge in [-0.1, -0.05) is 25.5 Å². The summed E-state index contributed by atoms with van der Waals surface area (Å²) >= 11 is 1.27. The number of nitrogens with one attached hydrogen (secondary N) is 1. The first-order valence-electron chi connectivity index (χ1n) is 6.36. The lowest BCUT2D eigenvalue weighted by Crippen LogP contribution is -2.19. The average Bonchev–Trinajstić information content (AvgIpc) is 2.42. The predicted octanol–water partition coefficient (Wildman–Crippen LogP) is 2.74. The Kier molecular flexibility index (Phi) is 4.79. The predicted molar refractivity (Wildman–Crippen MR) is 79.2 cm³/mol. The molecule has 106 valence electrons. The third-order valence-corrected chi connectivity index (χ3v) is 3.86. The van der Waals surface area contributed by atoms with Crippen LogP contribution in [0.25, 0.3) is 0 Å². The zero-order chi connectivity index (χ0) is 14.5. The van der Waals surface area contributed by atoms with Crippen LogP contribution in [0.5, 0.6) is 0 Å². The van der Waals surface area contributed by atoms with Gasteiger partial charge in [-0.25, -0.2) is 9.37 Å². The summed E-state index contributed by atoms with van der Waals surface area (Å²) in [5.74, 6) is 0.808. The normalized spacial score (nSPS) is 10.7. The van der Waals surface area contributed by atoms with Crippen LogP contribution in [0.4, 0.5) is 10.2 Å². The van der Waals surface area contributed by atoms with Crippen molar-refractivity contribution in [2.24, 2.45) is 0 Å². The number of benzene rings is 1. The van der Waals surface area contributed by atoms with E-state index < -0.39 is 0 Å². The second-order valence-corrected chi connectivity index (χ2v) is 5.36. The van der Waals surface area contributed by atoms with Gasteiger partial charge in [-0.15, -0.1) is 11.8 Å². The molecule has 4 nitrogen and oxygen atoms in total. The van der Waals surface area contributed by atoms with Crippen molar-refractivity contribution in [2.45, 2.75) is 30.4 Å². The Morgan fingerprint density at radius 3 is 2.80 bits per heavy atom. The first-order valence-corrected chi connectivity index (χ1v) is 7.35. The topological polar surface area (TPSA) is 71.8 Å². The van der Waals surface area contributed by atoms with Crippen LogP contribution in [0, 0.1) is 5.82 Å². The molecule has 0 saturated heterocycles. The molecule has 1 aromatic heterocycles. The molecule has 0 aliphatic heterocycles. The van der Waals surface area contributed by atoms with Gasteiger partial charge >= 0.3 is 0 Å². The monoisotopic (exact) mass is 293 g/mol. The molecule has 3 N–H and O–H groups in total. The van der Waals surface area contributed by atoms with Crippen molar-refractivity contribution < 1.29 is 4.39 Å². The number of aromatic amines is 1. The highest BCUT2D eigenvalue weighted by atomic mass is 32.2. The Balaban J connectivity index is 2.15. The van der Waals surface area contributed by atoms with Crippen molar-refractivity contribution in [2.75, 3.05) is 5.73 Å². The molecular weight excluding hydrogens is 277 g/mol. The lowest BCUT2D eigenvalue weighted by Gasteiger charge is -2.06. The highest BCUT2D eigenvalue weighted by molar-refractivity contribution is 7.98. The average molecular weight is 293 g/mol. The van der Waals surface area contributed by atoms with E-state index in [-0.39, 0.29) is 17.2 Å². The molecular formula is C14H16FN3OS. The molecule has 0 spiro atoms. The minimum atomic E-state index is -0.282. The first kappa shape index (κ1) is 14.6. The van der Waals surface area contributed by atoms with Gasteiger partial charge in [0.05, 0.1) is 11.3 Å². The van der Waals surface area contributed by atoms with Gasteiger partial charge in [0.15, 0.2) is 0 Å². The molecule has 0 radical (unpaired) electrons. The SMILES string of the molecule is CCCc1c(N)nc(CSc2ccccc2F)[nH]c1=O. The summed E-state index contributed by atoms with van der Waals surface area (Å²) in [6, 6.07) is 6.49. The number of H-pyrrole nitrogens is 1. The van der Waals surface area contributed by atoms with Crippen molar-refractivity contribution in [3.8, 4) is 0 Å². The lowest BCUT2D eigenvalue weighted by atomic mass is 10.2. The van der Waals surface area contributed by atoms with Crippen molar-refractivity contribution >= 4 is 17.6 Å². The number of thioether (sulfide) groups is 1. The maximum absolute atomic E-state index is 13.5. The van der Waals surface area contributed by atoms with E-state index in [4.69, 9.17) is 5.73 Å². The summed E-state index contributed by atoms with van der Waals surface area (Å²) in [5.41, 5.74) is 6.11. The Hall–Kier alpha value is -1.82. The first-order chi connectivity index (χ1) is 9.61. The fourth-order valence-corrected chi connectivity index (χ4v) is 2.64. The van der Waals surface area contributed by atoms with Gasteiger partial charge in [0, 0.05) is 4.90 Å². The number of nitrogens with two attached hydrogens (primary N) is 1. The molecule has 0 fully saturated rings. The second kappa shape index (κ2) is 6.56. The third-order valence-electron chi connectivity index (χ3n) is 2.80. The summed E-state index contributed by atoms with van der Waals surface area (Å²) in [5, 5.41) is 0. The van der Waals surface area contributed by atoms with Gasteiger partial charge in [-0.05, 0) is 18.6 Å². The molecule has 0 aliphatic carbocycles. The van der Waals surface area contributed by atoms with Gasteiger partial charge in [0.1, 0.15) is 17.5 Å². The van der Waals surface area contributed by atoms with Crippen LogP contribution < -0.4 is 11.3 Å². The van der Waals surface area contributed by atoms with E-state index in [0.717, 1.165) is 6.42 Å². The molecule has 0 aliphatic rings. The van der Waals surface area contributed by atoms with E-state index in [2.05, 4.69) is 9.97 Å². The smallest absolute Gasteiger partial charge is 0.256 e. The summed E-state index contributed by atoms with van der Waals surface area (Å²) in [7, 11) is 0. The van der Waals surface area contributed by atoms with Crippen LogP contribution in [0.1, 0.15) is 24.7 Å². The van der Waals surface area contributed by atoms with Gasteiger partial charge < -0.3 is 10.7 Å². The minimum Gasteiger partial charge on any atom is -0.383 e. The van der Waals surface area contributed by atoms with Gasteiger partial charge in [0.25, 0.3) is 5.56 Å².